The lowest BCUT2D eigenvalue weighted by atomic mass is 10.1. The average molecular weight is 325 g/mol. The molecule has 0 radical (unpaired) electrons. The summed E-state index contributed by atoms with van der Waals surface area (Å²) in [5, 5.41) is 27.0. The molecule has 0 aromatic heterocycles. The molecule has 2 rings (SSSR count). The van der Waals surface area contributed by atoms with E-state index in [1.54, 1.807) is 0 Å². The highest BCUT2D eigenvalue weighted by molar-refractivity contribution is 7.80. The zero-order chi connectivity index (χ0) is 15.9. The maximum Gasteiger partial charge on any atom is 0.269 e. The van der Waals surface area contributed by atoms with E-state index in [0.29, 0.717) is 17.2 Å². The minimum Gasteiger partial charge on any atom is -0.387 e. The van der Waals surface area contributed by atoms with Gasteiger partial charge in [-0.05, 0) is 42.8 Å². The number of nitrogens with zero attached hydrogens (tertiary/aromatic N) is 1. The fourth-order valence-electron chi connectivity index (χ4n) is 2.20. The number of benzene rings is 1. The standard InChI is InChI=1S/C14H19N3O4S/c18-13(10-3-5-11(6-4-10)17(19)20)9-16-14(22)15-8-12-2-1-7-21-12/h3-6,12-13,18H,1-2,7-9H2,(H2,15,16,22)/t12-,13-/m1/s1. The number of nitro groups is 1. The molecule has 2 atom stereocenters. The van der Waals surface area contributed by atoms with Crippen LogP contribution in [0.5, 0.6) is 0 Å². The van der Waals surface area contributed by atoms with Crippen LogP contribution in [0.15, 0.2) is 24.3 Å². The molecule has 1 heterocycles. The summed E-state index contributed by atoms with van der Waals surface area (Å²) < 4.78 is 5.47. The fourth-order valence-corrected chi connectivity index (χ4v) is 2.37. The number of ether oxygens (including phenoxy) is 1. The zero-order valence-corrected chi connectivity index (χ0v) is 12.8. The van der Waals surface area contributed by atoms with E-state index in [-0.39, 0.29) is 18.3 Å². The molecule has 1 saturated heterocycles. The van der Waals surface area contributed by atoms with Crippen LogP contribution in [0.4, 0.5) is 5.69 Å². The molecule has 0 unspecified atom stereocenters. The van der Waals surface area contributed by atoms with Crippen molar-refractivity contribution in [2.75, 3.05) is 19.7 Å². The van der Waals surface area contributed by atoms with E-state index in [9.17, 15) is 15.2 Å². The topological polar surface area (TPSA) is 96.7 Å². The highest BCUT2D eigenvalue weighted by Crippen LogP contribution is 2.17. The van der Waals surface area contributed by atoms with Crippen molar-refractivity contribution in [2.24, 2.45) is 0 Å². The third-order valence-electron chi connectivity index (χ3n) is 3.46. The van der Waals surface area contributed by atoms with E-state index >= 15 is 0 Å². The lowest BCUT2D eigenvalue weighted by molar-refractivity contribution is -0.384. The summed E-state index contributed by atoms with van der Waals surface area (Å²) in [5.74, 6) is 0. The molecule has 22 heavy (non-hydrogen) atoms. The van der Waals surface area contributed by atoms with Crippen molar-refractivity contribution in [3.63, 3.8) is 0 Å². The first kappa shape index (κ1) is 16.6. The van der Waals surface area contributed by atoms with Gasteiger partial charge >= 0.3 is 0 Å². The highest BCUT2D eigenvalue weighted by Gasteiger charge is 2.15. The number of thiocarbonyl (C=S) groups is 1. The quantitative estimate of drug-likeness (QED) is 0.412. The first-order valence-electron chi connectivity index (χ1n) is 7.12. The second kappa shape index (κ2) is 8.02. The third kappa shape index (κ3) is 4.90. The van der Waals surface area contributed by atoms with E-state index in [0.717, 1.165) is 19.4 Å². The largest absolute Gasteiger partial charge is 0.387 e. The van der Waals surface area contributed by atoms with Crippen molar-refractivity contribution in [2.45, 2.75) is 25.0 Å². The van der Waals surface area contributed by atoms with Crippen LogP contribution in [0.1, 0.15) is 24.5 Å². The molecular weight excluding hydrogens is 306 g/mol. The molecule has 1 fully saturated rings. The van der Waals surface area contributed by atoms with Crippen LogP contribution >= 0.6 is 12.2 Å². The minimum atomic E-state index is -0.789. The zero-order valence-electron chi connectivity index (χ0n) is 12.0. The molecule has 3 N–H and O–H groups in total. The summed E-state index contributed by atoms with van der Waals surface area (Å²) in [6.45, 7) is 1.68. The maximum atomic E-state index is 10.6. The normalized spacial score (nSPS) is 18.7. The van der Waals surface area contributed by atoms with Gasteiger partial charge in [-0.2, -0.15) is 0 Å². The Morgan fingerprint density at radius 1 is 1.45 bits per heavy atom. The molecule has 1 aliphatic rings. The summed E-state index contributed by atoms with van der Waals surface area (Å²) in [4.78, 5) is 10.1. The van der Waals surface area contributed by atoms with Gasteiger partial charge < -0.3 is 20.5 Å². The maximum absolute atomic E-state index is 10.6. The molecule has 1 aromatic carbocycles. The fraction of sp³-hybridized carbons (Fsp3) is 0.500. The molecule has 0 spiro atoms. The summed E-state index contributed by atoms with van der Waals surface area (Å²) in [7, 11) is 0. The number of hydrogen-bond acceptors (Lipinski definition) is 5. The van der Waals surface area contributed by atoms with E-state index < -0.39 is 11.0 Å². The first-order chi connectivity index (χ1) is 10.6. The number of hydrogen-bond donors (Lipinski definition) is 3. The Morgan fingerprint density at radius 2 is 2.18 bits per heavy atom. The Balaban J connectivity index is 1.72. The van der Waals surface area contributed by atoms with Crippen molar-refractivity contribution in [3.05, 3.63) is 39.9 Å². The van der Waals surface area contributed by atoms with Gasteiger partial charge in [0.05, 0.1) is 17.1 Å². The van der Waals surface area contributed by atoms with Crippen LogP contribution in [-0.2, 0) is 4.74 Å². The Hall–Kier alpha value is -1.77. The summed E-state index contributed by atoms with van der Waals surface area (Å²) >= 11 is 5.13. The van der Waals surface area contributed by atoms with Gasteiger partial charge in [-0.25, -0.2) is 0 Å². The van der Waals surface area contributed by atoms with Gasteiger partial charge in [0, 0.05) is 31.8 Å². The van der Waals surface area contributed by atoms with Crippen LogP contribution in [0.25, 0.3) is 0 Å². The lowest BCUT2D eigenvalue weighted by Gasteiger charge is -2.16. The van der Waals surface area contributed by atoms with Crippen molar-refractivity contribution < 1.29 is 14.8 Å². The molecule has 0 amide bonds. The first-order valence-corrected chi connectivity index (χ1v) is 7.53. The smallest absolute Gasteiger partial charge is 0.269 e. The number of rotatable bonds is 6. The average Bonchev–Trinajstić information content (AvgIpc) is 3.04. The van der Waals surface area contributed by atoms with Gasteiger partial charge in [0.1, 0.15) is 0 Å². The van der Waals surface area contributed by atoms with Gasteiger partial charge in [0.15, 0.2) is 5.11 Å². The van der Waals surface area contributed by atoms with Gasteiger partial charge in [-0.1, -0.05) is 0 Å². The van der Waals surface area contributed by atoms with Crippen molar-refractivity contribution in [3.8, 4) is 0 Å². The number of aliphatic hydroxyl groups excluding tert-OH is 1. The van der Waals surface area contributed by atoms with Crippen LogP contribution < -0.4 is 10.6 Å². The van der Waals surface area contributed by atoms with E-state index in [1.807, 2.05) is 0 Å². The SMILES string of the molecule is O=[N+]([O-])c1ccc([C@H](O)CNC(=S)NC[C@H]2CCCO2)cc1. The number of nitro benzene ring substituents is 1. The molecule has 1 aromatic rings. The molecule has 7 nitrogen and oxygen atoms in total. The summed E-state index contributed by atoms with van der Waals surface area (Å²) in [6.07, 6.45) is 1.51. The van der Waals surface area contributed by atoms with Crippen LogP contribution in [-0.4, -0.2) is 40.9 Å². The summed E-state index contributed by atoms with van der Waals surface area (Å²) in [5.41, 5.74) is 0.595. The number of aliphatic hydroxyl groups is 1. The van der Waals surface area contributed by atoms with Crippen molar-refractivity contribution in [1.82, 2.24) is 10.6 Å². The number of non-ortho nitro benzene ring substituents is 1. The van der Waals surface area contributed by atoms with Gasteiger partial charge in [0.2, 0.25) is 0 Å². The molecule has 0 aliphatic carbocycles. The predicted molar refractivity (Wildman–Crippen MR) is 85.6 cm³/mol. The Kier molecular flexibility index (Phi) is 6.05. The molecule has 8 heteroatoms. The molecule has 0 saturated carbocycles. The van der Waals surface area contributed by atoms with Crippen LogP contribution in [0, 0.1) is 10.1 Å². The Bertz CT molecular complexity index is 517. The second-order valence-electron chi connectivity index (χ2n) is 5.09. The van der Waals surface area contributed by atoms with Gasteiger partial charge in [-0.15, -0.1) is 0 Å². The lowest BCUT2D eigenvalue weighted by Crippen LogP contribution is -2.40. The third-order valence-corrected chi connectivity index (χ3v) is 3.75. The van der Waals surface area contributed by atoms with Gasteiger partial charge in [-0.3, -0.25) is 10.1 Å². The van der Waals surface area contributed by atoms with E-state index in [2.05, 4.69) is 10.6 Å². The molecule has 0 bridgehead atoms. The van der Waals surface area contributed by atoms with E-state index in [4.69, 9.17) is 17.0 Å². The van der Waals surface area contributed by atoms with E-state index in [1.165, 1.54) is 24.3 Å². The molecule has 120 valence electrons. The minimum absolute atomic E-state index is 0.00217. The predicted octanol–water partition coefficient (Wildman–Crippen LogP) is 1.27. The second-order valence-corrected chi connectivity index (χ2v) is 5.50. The highest BCUT2D eigenvalue weighted by atomic mass is 32.1. The molecular formula is C14H19N3O4S. The Morgan fingerprint density at radius 3 is 2.77 bits per heavy atom. The van der Waals surface area contributed by atoms with Crippen molar-refractivity contribution >= 4 is 23.0 Å². The van der Waals surface area contributed by atoms with Gasteiger partial charge in [0.25, 0.3) is 5.69 Å². The Labute approximate surface area is 133 Å². The monoisotopic (exact) mass is 325 g/mol. The van der Waals surface area contributed by atoms with Crippen molar-refractivity contribution in [1.29, 1.82) is 0 Å². The number of nitrogens with one attached hydrogen (secondary N) is 2. The molecule has 1 aliphatic heterocycles. The summed E-state index contributed by atoms with van der Waals surface area (Å²) in [6, 6.07) is 5.81. The van der Waals surface area contributed by atoms with Crippen LogP contribution in [0.3, 0.4) is 0 Å². The van der Waals surface area contributed by atoms with Crippen LogP contribution in [0.2, 0.25) is 0 Å².